The number of nitrogens with zero attached hydrogens (tertiary/aromatic N) is 3. The Kier molecular flexibility index (Phi) is 2.71. The lowest BCUT2D eigenvalue weighted by molar-refractivity contribution is 0.273. The molecule has 1 aliphatic rings. The summed E-state index contributed by atoms with van der Waals surface area (Å²) in [7, 11) is 0. The van der Waals surface area contributed by atoms with Crippen LogP contribution in [-0.2, 0) is 5.54 Å². The first-order chi connectivity index (χ1) is 8.59. The van der Waals surface area contributed by atoms with Crippen LogP contribution in [0, 0.1) is 5.92 Å². The van der Waals surface area contributed by atoms with Crippen molar-refractivity contribution < 1.29 is 4.52 Å². The van der Waals surface area contributed by atoms with Gasteiger partial charge in [-0.1, -0.05) is 5.16 Å². The molecule has 1 saturated carbocycles. The number of rotatable bonds is 3. The fraction of sp³-hybridized carbons (Fsp3) is 0.417. The van der Waals surface area contributed by atoms with Crippen molar-refractivity contribution in [3.05, 3.63) is 28.7 Å². The van der Waals surface area contributed by atoms with Gasteiger partial charge in [-0.3, -0.25) is 4.98 Å². The third-order valence-corrected chi connectivity index (χ3v) is 3.92. The summed E-state index contributed by atoms with van der Waals surface area (Å²) in [6.07, 6.45) is 3.94. The second-order valence-electron chi connectivity index (χ2n) is 4.81. The molecule has 3 rings (SSSR count). The van der Waals surface area contributed by atoms with Crippen LogP contribution in [0.15, 0.2) is 27.3 Å². The minimum atomic E-state index is -0.535. The molecule has 2 heterocycles. The van der Waals surface area contributed by atoms with E-state index in [0.717, 1.165) is 17.3 Å². The van der Waals surface area contributed by atoms with Crippen molar-refractivity contribution >= 4 is 15.9 Å². The number of halogens is 1. The molecule has 0 spiro atoms. The fourth-order valence-corrected chi connectivity index (χ4v) is 2.38. The van der Waals surface area contributed by atoms with Crippen LogP contribution >= 0.6 is 15.9 Å². The van der Waals surface area contributed by atoms with Gasteiger partial charge in [-0.2, -0.15) is 4.98 Å². The normalized spacial score (nSPS) is 18.6. The maximum atomic E-state index is 6.24. The van der Waals surface area contributed by atoms with Gasteiger partial charge in [-0.15, -0.1) is 0 Å². The molecule has 1 unspecified atom stereocenters. The topological polar surface area (TPSA) is 77.8 Å². The van der Waals surface area contributed by atoms with Crippen molar-refractivity contribution in [2.45, 2.75) is 25.3 Å². The maximum absolute atomic E-state index is 6.24. The highest BCUT2D eigenvalue weighted by Crippen LogP contribution is 2.43. The first-order valence-electron chi connectivity index (χ1n) is 5.83. The van der Waals surface area contributed by atoms with Crippen LogP contribution in [-0.4, -0.2) is 15.1 Å². The number of hydrogen-bond donors (Lipinski definition) is 1. The number of pyridine rings is 1. The highest BCUT2D eigenvalue weighted by atomic mass is 79.9. The van der Waals surface area contributed by atoms with Crippen molar-refractivity contribution in [1.29, 1.82) is 0 Å². The van der Waals surface area contributed by atoms with Crippen molar-refractivity contribution in [2.75, 3.05) is 0 Å². The van der Waals surface area contributed by atoms with E-state index in [-0.39, 0.29) is 0 Å². The van der Waals surface area contributed by atoms with E-state index in [1.54, 1.807) is 6.20 Å². The van der Waals surface area contributed by atoms with Crippen LogP contribution in [0.3, 0.4) is 0 Å². The zero-order chi connectivity index (χ0) is 12.8. The molecule has 0 saturated heterocycles. The lowest BCUT2D eigenvalue weighted by atomic mass is 9.97. The molecule has 1 aliphatic carbocycles. The summed E-state index contributed by atoms with van der Waals surface area (Å²) in [5, 5.41) is 3.97. The summed E-state index contributed by atoms with van der Waals surface area (Å²) in [5.41, 5.74) is 6.38. The molecule has 2 aromatic rings. The van der Waals surface area contributed by atoms with Gasteiger partial charge in [0.25, 0.3) is 0 Å². The molecule has 18 heavy (non-hydrogen) atoms. The highest BCUT2D eigenvalue weighted by molar-refractivity contribution is 9.10. The molecule has 2 N–H and O–H groups in total. The van der Waals surface area contributed by atoms with Crippen LogP contribution in [0.5, 0.6) is 0 Å². The summed E-state index contributed by atoms with van der Waals surface area (Å²) < 4.78 is 6.13. The second-order valence-corrected chi connectivity index (χ2v) is 5.67. The molecule has 5 nitrogen and oxygen atoms in total. The van der Waals surface area contributed by atoms with Gasteiger partial charge in [0.05, 0.1) is 5.54 Å². The average Bonchev–Trinajstić information content (AvgIpc) is 3.09. The van der Waals surface area contributed by atoms with E-state index < -0.39 is 5.54 Å². The SMILES string of the molecule is CC(N)(c1nc(-c2ncccc2Br)no1)C1CC1. The number of hydrogen-bond acceptors (Lipinski definition) is 5. The Bertz CT molecular complexity index is 577. The van der Waals surface area contributed by atoms with Crippen LogP contribution in [0.25, 0.3) is 11.5 Å². The van der Waals surface area contributed by atoms with E-state index in [1.165, 1.54) is 0 Å². The van der Waals surface area contributed by atoms with E-state index in [1.807, 2.05) is 19.1 Å². The van der Waals surface area contributed by atoms with E-state index >= 15 is 0 Å². The van der Waals surface area contributed by atoms with Gasteiger partial charge >= 0.3 is 0 Å². The predicted molar refractivity (Wildman–Crippen MR) is 69.5 cm³/mol. The van der Waals surface area contributed by atoms with Crippen LogP contribution in [0.4, 0.5) is 0 Å². The molecule has 94 valence electrons. The monoisotopic (exact) mass is 308 g/mol. The molecule has 0 radical (unpaired) electrons. The van der Waals surface area contributed by atoms with Gasteiger partial charge < -0.3 is 10.3 Å². The lowest BCUT2D eigenvalue weighted by Gasteiger charge is -2.18. The second kappa shape index (κ2) is 4.13. The summed E-state index contributed by atoms with van der Waals surface area (Å²) in [6, 6.07) is 3.73. The molecule has 1 atom stereocenters. The van der Waals surface area contributed by atoms with Gasteiger partial charge in [-0.25, -0.2) is 0 Å². The lowest BCUT2D eigenvalue weighted by Crippen LogP contribution is -2.35. The van der Waals surface area contributed by atoms with Crippen LogP contribution < -0.4 is 5.73 Å². The van der Waals surface area contributed by atoms with Crippen LogP contribution in [0.2, 0.25) is 0 Å². The minimum Gasteiger partial charge on any atom is -0.337 e. The van der Waals surface area contributed by atoms with Crippen molar-refractivity contribution in [3.8, 4) is 11.5 Å². The van der Waals surface area contributed by atoms with Gasteiger partial charge in [0.2, 0.25) is 11.7 Å². The molecule has 0 amide bonds. The third kappa shape index (κ3) is 1.95. The molecule has 2 aromatic heterocycles. The molecule has 6 heteroatoms. The Morgan fingerprint density at radius 1 is 1.50 bits per heavy atom. The van der Waals surface area contributed by atoms with Crippen molar-refractivity contribution in [2.24, 2.45) is 11.7 Å². The Hall–Kier alpha value is -1.27. The van der Waals surface area contributed by atoms with Crippen LogP contribution in [0.1, 0.15) is 25.7 Å². The maximum Gasteiger partial charge on any atom is 0.247 e. The Balaban J connectivity index is 1.97. The summed E-state index contributed by atoms with van der Waals surface area (Å²) in [6.45, 7) is 1.94. The molecule has 0 aliphatic heterocycles. The van der Waals surface area contributed by atoms with E-state index in [2.05, 4.69) is 31.1 Å². The van der Waals surface area contributed by atoms with Gasteiger partial charge in [-0.05, 0) is 53.7 Å². The average molecular weight is 309 g/mol. The first-order valence-corrected chi connectivity index (χ1v) is 6.62. The number of aromatic nitrogens is 3. The Morgan fingerprint density at radius 3 is 2.94 bits per heavy atom. The smallest absolute Gasteiger partial charge is 0.247 e. The molecular weight excluding hydrogens is 296 g/mol. The van der Waals surface area contributed by atoms with E-state index in [4.69, 9.17) is 10.3 Å². The third-order valence-electron chi connectivity index (χ3n) is 3.28. The molecular formula is C12H13BrN4O. The quantitative estimate of drug-likeness (QED) is 0.942. The summed E-state index contributed by atoms with van der Waals surface area (Å²) >= 11 is 3.42. The Morgan fingerprint density at radius 2 is 2.28 bits per heavy atom. The zero-order valence-electron chi connectivity index (χ0n) is 9.93. The molecule has 1 fully saturated rings. The zero-order valence-corrected chi connectivity index (χ0v) is 11.5. The van der Waals surface area contributed by atoms with Crippen molar-refractivity contribution in [1.82, 2.24) is 15.1 Å². The summed E-state index contributed by atoms with van der Waals surface area (Å²) in [4.78, 5) is 8.61. The largest absolute Gasteiger partial charge is 0.337 e. The van der Waals surface area contributed by atoms with E-state index in [0.29, 0.717) is 23.3 Å². The number of nitrogens with two attached hydrogens (primary N) is 1. The van der Waals surface area contributed by atoms with Gasteiger partial charge in [0.15, 0.2) is 0 Å². The van der Waals surface area contributed by atoms with E-state index in [9.17, 15) is 0 Å². The van der Waals surface area contributed by atoms with Crippen molar-refractivity contribution in [3.63, 3.8) is 0 Å². The minimum absolute atomic E-state index is 0.443. The first kappa shape index (κ1) is 11.8. The molecule has 0 aromatic carbocycles. The van der Waals surface area contributed by atoms with Gasteiger partial charge in [0.1, 0.15) is 5.69 Å². The predicted octanol–water partition coefficient (Wildman–Crippen LogP) is 2.48. The molecule has 0 bridgehead atoms. The standard InChI is InChI=1S/C12H13BrN4O/c1-12(14,7-4-5-7)11-16-10(17-18-11)9-8(13)3-2-6-15-9/h2-3,6-7H,4-5,14H2,1H3. The highest BCUT2D eigenvalue weighted by Gasteiger charge is 2.44. The summed E-state index contributed by atoms with van der Waals surface area (Å²) in [5.74, 6) is 1.39. The van der Waals surface area contributed by atoms with Gasteiger partial charge in [0, 0.05) is 10.7 Å². The fourth-order valence-electron chi connectivity index (χ4n) is 1.95. The Labute approximate surface area is 113 Å².